The van der Waals surface area contributed by atoms with Gasteiger partial charge in [0.2, 0.25) is 10.0 Å². The van der Waals surface area contributed by atoms with Gasteiger partial charge >= 0.3 is 5.97 Å². The second-order valence-corrected chi connectivity index (χ2v) is 7.02. The van der Waals surface area contributed by atoms with Gasteiger partial charge in [-0.1, -0.05) is 0 Å². The van der Waals surface area contributed by atoms with Crippen LogP contribution in [-0.4, -0.2) is 47.9 Å². The molecule has 0 aliphatic carbocycles. The standard InChI is InChI=1S/C12H19N3O4S/c1-7-10(12(16)17)14-8(2)11(7)20(18,19)15-5-3-4-9(13)6-15/h9,14H,3-6,13H2,1-2H3,(H,16,17). The summed E-state index contributed by atoms with van der Waals surface area (Å²) in [7, 11) is -3.71. The summed E-state index contributed by atoms with van der Waals surface area (Å²) in [5.41, 5.74) is 6.33. The highest BCUT2D eigenvalue weighted by molar-refractivity contribution is 7.89. The lowest BCUT2D eigenvalue weighted by Crippen LogP contribution is -2.45. The molecule has 0 aromatic carbocycles. The summed E-state index contributed by atoms with van der Waals surface area (Å²) in [6.45, 7) is 3.76. The van der Waals surface area contributed by atoms with Crippen molar-refractivity contribution in [3.05, 3.63) is 17.0 Å². The molecule has 1 aromatic heterocycles. The molecule has 0 spiro atoms. The van der Waals surface area contributed by atoms with Crippen molar-refractivity contribution in [2.24, 2.45) is 5.73 Å². The molecular formula is C12H19N3O4S. The maximum atomic E-state index is 12.7. The lowest BCUT2D eigenvalue weighted by molar-refractivity contribution is 0.0690. The van der Waals surface area contributed by atoms with Gasteiger partial charge in [-0.25, -0.2) is 13.2 Å². The molecule has 1 aliphatic heterocycles. The summed E-state index contributed by atoms with van der Waals surface area (Å²) in [4.78, 5) is 13.8. The number of piperidine rings is 1. The Morgan fingerprint density at radius 3 is 2.60 bits per heavy atom. The topological polar surface area (TPSA) is 116 Å². The molecule has 0 amide bonds. The summed E-state index contributed by atoms with van der Waals surface area (Å²) in [6, 6.07) is -0.169. The fraction of sp³-hybridized carbons (Fsp3) is 0.583. The van der Waals surface area contributed by atoms with Gasteiger partial charge in [0.25, 0.3) is 0 Å². The number of nitrogens with zero attached hydrogens (tertiary/aromatic N) is 1. The lowest BCUT2D eigenvalue weighted by Gasteiger charge is -2.30. The molecule has 4 N–H and O–H groups in total. The van der Waals surface area contributed by atoms with E-state index in [-0.39, 0.29) is 28.7 Å². The molecule has 2 rings (SSSR count). The first-order valence-electron chi connectivity index (χ1n) is 6.43. The minimum Gasteiger partial charge on any atom is -0.477 e. The molecule has 1 unspecified atom stereocenters. The Morgan fingerprint density at radius 2 is 2.10 bits per heavy atom. The van der Waals surface area contributed by atoms with Gasteiger partial charge in [-0.2, -0.15) is 4.31 Å². The second kappa shape index (κ2) is 5.19. The van der Waals surface area contributed by atoms with Crippen molar-refractivity contribution in [2.75, 3.05) is 13.1 Å². The number of carbonyl (C=O) groups is 1. The lowest BCUT2D eigenvalue weighted by atomic mass is 10.1. The molecule has 2 heterocycles. The number of carboxylic acid groups (broad SMARTS) is 1. The van der Waals surface area contributed by atoms with E-state index in [1.165, 1.54) is 11.2 Å². The fourth-order valence-corrected chi connectivity index (χ4v) is 4.60. The third-order valence-electron chi connectivity index (χ3n) is 3.60. The molecule has 20 heavy (non-hydrogen) atoms. The normalized spacial score (nSPS) is 21.1. The molecule has 1 aromatic rings. The number of aromatic amines is 1. The molecule has 1 fully saturated rings. The first kappa shape index (κ1) is 15.0. The van der Waals surface area contributed by atoms with Crippen LogP contribution in [0.1, 0.15) is 34.6 Å². The van der Waals surface area contributed by atoms with Gasteiger partial charge < -0.3 is 15.8 Å². The van der Waals surface area contributed by atoms with Crippen molar-refractivity contribution in [1.82, 2.24) is 9.29 Å². The van der Waals surface area contributed by atoms with Crippen LogP contribution in [0, 0.1) is 13.8 Å². The van der Waals surface area contributed by atoms with E-state index >= 15 is 0 Å². The van der Waals surface area contributed by atoms with E-state index in [4.69, 9.17) is 10.8 Å². The maximum absolute atomic E-state index is 12.7. The zero-order valence-electron chi connectivity index (χ0n) is 11.5. The Labute approximate surface area is 117 Å². The summed E-state index contributed by atoms with van der Waals surface area (Å²) in [5.74, 6) is -1.16. The summed E-state index contributed by atoms with van der Waals surface area (Å²) in [5, 5.41) is 9.06. The summed E-state index contributed by atoms with van der Waals surface area (Å²) >= 11 is 0. The van der Waals surface area contributed by atoms with Crippen LogP contribution in [0.15, 0.2) is 4.90 Å². The number of sulfonamides is 1. The van der Waals surface area contributed by atoms with E-state index in [9.17, 15) is 13.2 Å². The van der Waals surface area contributed by atoms with E-state index < -0.39 is 16.0 Å². The molecule has 1 aliphatic rings. The first-order valence-corrected chi connectivity index (χ1v) is 7.87. The molecule has 0 bridgehead atoms. The van der Waals surface area contributed by atoms with Crippen molar-refractivity contribution < 1.29 is 18.3 Å². The Bertz CT molecular complexity index is 635. The van der Waals surface area contributed by atoms with Crippen LogP contribution in [0.5, 0.6) is 0 Å². The zero-order valence-corrected chi connectivity index (χ0v) is 12.3. The smallest absolute Gasteiger partial charge is 0.352 e. The van der Waals surface area contributed by atoms with Crippen LogP contribution < -0.4 is 5.73 Å². The molecule has 7 nitrogen and oxygen atoms in total. The Morgan fingerprint density at radius 1 is 1.45 bits per heavy atom. The molecular weight excluding hydrogens is 282 g/mol. The number of nitrogens with one attached hydrogen (secondary N) is 1. The van der Waals surface area contributed by atoms with Gasteiger partial charge in [0, 0.05) is 30.4 Å². The molecule has 112 valence electrons. The third-order valence-corrected chi connectivity index (χ3v) is 5.74. The number of aromatic carboxylic acids is 1. The molecule has 1 atom stereocenters. The van der Waals surface area contributed by atoms with E-state index in [1.54, 1.807) is 6.92 Å². The minimum absolute atomic E-state index is 0.0593. The van der Waals surface area contributed by atoms with Gasteiger partial charge in [-0.15, -0.1) is 0 Å². The van der Waals surface area contributed by atoms with Crippen molar-refractivity contribution in [2.45, 2.75) is 37.6 Å². The van der Waals surface area contributed by atoms with E-state index in [2.05, 4.69) is 4.98 Å². The molecule has 8 heteroatoms. The minimum atomic E-state index is -3.71. The zero-order chi connectivity index (χ0) is 15.1. The number of carboxylic acids is 1. The number of aromatic nitrogens is 1. The van der Waals surface area contributed by atoms with Crippen LogP contribution >= 0.6 is 0 Å². The van der Waals surface area contributed by atoms with Gasteiger partial charge in [0.15, 0.2) is 0 Å². The SMILES string of the molecule is Cc1[nH]c(C(=O)O)c(C)c1S(=O)(=O)N1CCCC(N)C1. The largest absolute Gasteiger partial charge is 0.477 e. The Balaban J connectivity index is 2.47. The van der Waals surface area contributed by atoms with Crippen molar-refractivity contribution in [3.8, 4) is 0 Å². The predicted molar refractivity (Wildman–Crippen MR) is 73.2 cm³/mol. The van der Waals surface area contributed by atoms with E-state index in [0.717, 1.165) is 6.42 Å². The number of aryl methyl sites for hydroxylation is 1. The Hall–Kier alpha value is -1.38. The molecule has 1 saturated heterocycles. The van der Waals surface area contributed by atoms with E-state index in [1.807, 2.05) is 0 Å². The number of nitrogens with two attached hydrogens (primary N) is 1. The van der Waals surface area contributed by atoms with Crippen molar-refractivity contribution in [3.63, 3.8) is 0 Å². The van der Waals surface area contributed by atoms with Crippen LogP contribution in [0.4, 0.5) is 0 Å². The van der Waals surface area contributed by atoms with Gasteiger partial charge in [0.05, 0.1) is 0 Å². The highest BCUT2D eigenvalue weighted by Crippen LogP contribution is 2.28. The third kappa shape index (κ3) is 2.46. The highest BCUT2D eigenvalue weighted by Gasteiger charge is 2.33. The second-order valence-electron chi connectivity index (χ2n) is 5.15. The van der Waals surface area contributed by atoms with Crippen molar-refractivity contribution >= 4 is 16.0 Å². The summed E-state index contributed by atoms with van der Waals surface area (Å²) < 4.78 is 26.7. The average molecular weight is 301 g/mol. The number of rotatable bonds is 3. The average Bonchev–Trinajstić information content (AvgIpc) is 2.65. The van der Waals surface area contributed by atoms with Crippen LogP contribution in [0.25, 0.3) is 0 Å². The van der Waals surface area contributed by atoms with Gasteiger partial charge in [-0.3, -0.25) is 0 Å². The van der Waals surface area contributed by atoms with E-state index in [0.29, 0.717) is 18.7 Å². The quantitative estimate of drug-likeness (QED) is 0.749. The first-order chi connectivity index (χ1) is 9.25. The van der Waals surface area contributed by atoms with Crippen LogP contribution in [0.3, 0.4) is 0 Å². The Kier molecular flexibility index (Phi) is 3.90. The van der Waals surface area contributed by atoms with Crippen LogP contribution in [-0.2, 0) is 10.0 Å². The fourth-order valence-electron chi connectivity index (χ4n) is 2.65. The van der Waals surface area contributed by atoms with Crippen molar-refractivity contribution in [1.29, 1.82) is 0 Å². The highest BCUT2D eigenvalue weighted by atomic mass is 32.2. The number of H-pyrrole nitrogens is 1. The molecule has 0 radical (unpaired) electrons. The number of hydrogen-bond donors (Lipinski definition) is 3. The van der Waals surface area contributed by atoms with Crippen LogP contribution in [0.2, 0.25) is 0 Å². The maximum Gasteiger partial charge on any atom is 0.352 e. The van der Waals surface area contributed by atoms with Gasteiger partial charge in [-0.05, 0) is 26.7 Å². The number of hydrogen-bond acceptors (Lipinski definition) is 4. The molecule has 0 saturated carbocycles. The van der Waals surface area contributed by atoms with Gasteiger partial charge in [0.1, 0.15) is 10.6 Å². The predicted octanol–water partition coefficient (Wildman–Crippen LogP) is 0.442. The monoisotopic (exact) mass is 301 g/mol. The summed E-state index contributed by atoms with van der Waals surface area (Å²) in [6.07, 6.45) is 1.52.